The lowest BCUT2D eigenvalue weighted by Crippen LogP contribution is -2.37. The largest absolute Gasteiger partial charge is 0.335 e. The number of hydrogen-bond acceptors (Lipinski definition) is 4. The third-order valence-electron chi connectivity index (χ3n) is 5.90. The van der Waals surface area contributed by atoms with E-state index in [1.54, 1.807) is 11.0 Å². The highest BCUT2D eigenvalue weighted by Gasteiger charge is 2.40. The summed E-state index contributed by atoms with van der Waals surface area (Å²) in [5.41, 5.74) is 4.80. The molecule has 136 valence electrons. The van der Waals surface area contributed by atoms with Crippen molar-refractivity contribution in [3.8, 4) is 16.8 Å². The van der Waals surface area contributed by atoms with E-state index in [0.717, 1.165) is 36.2 Å². The van der Waals surface area contributed by atoms with Gasteiger partial charge >= 0.3 is 0 Å². The van der Waals surface area contributed by atoms with Gasteiger partial charge in [-0.1, -0.05) is 24.3 Å². The van der Waals surface area contributed by atoms with Crippen LogP contribution in [0.4, 0.5) is 0 Å². The van der Waals surface area contributed by atoms with E-state index < -0.39 is 0 Å². The molecule has 2 bridgehead atoms. The third-order valence-corrected chi connectivity index (χ3v) is 5.90. The maximum atomic E-state index is 13.3. The smallest absolute Gasteiger partial charge is 0.254 e. The molecule has 2 atom stereocenters. The van der Waals surface area contributed by atoms with E-state index in [4.69, 9.17) is 0 Å². The summed E-state index contributed by atoms with van der Waals surface area (Å²) in [5.74, 6) is 0.796. The van der Waals surface area contributed by atoms with Gasteiger partial charge in [0.25, 0.3) is 5.91 Å². The van der Waals surface area contributed by atoms with Gasteiger partial charge < -0.3 is 4.90 Å². The fourth-order valence-electron chi connectivity index (χ4n) is 4.54. The van der Waals surface area contributed by atoms with Gasteiger partial charge in [0, 0.05) is 18.2 Å². The topological polar surface area (TPSA) is 63.9 Å². The predicted molar refractivity (Wildman–Crippen MR) is 101 cm³/mol. The molecule has 2 fully saturated rings. The number of carbonyl (C=O) groups excluding carboxylic acids is 1. The first-order valence-corrected chi connectivity index (χ1v) is 9.44. The van der Waals surface area contributed by atoms with Gasteiger partial charge in [0.05, 0.1) is 5.69 Å². The quantitative estimate of drug-likeness (QED) is 0.720. The molecular formula is C21H21N5O. The van der Waals surface area contributed by atoms with Crippen LogP contribution in [0.15, 0.2) is 48.8 Å². The zero-order valence-corrected chi connectivity index (χ0v) is 15.2. The number of fused-ring (bicyclic) bond motifs is 2. The van der Waals surface area contributed by atoms with Crippen molar-refractivity contribution in [3.63, 3.8) is 0 Å². The van der Waals surface area contributed by atoms with Crippen molar-refractivity contribution < 1.29 is 4.79 Å². The van der Waals surface area contributed by atoms with Gasteiger partial charge in [-0.25, -0.2) is 4.68 Å². The second kappa shape index (κ2) is 6.30. The second-order valence-electron chi connectivity index (χ2n) is 7.63. The van der Waals surface area contributed by atoms with E-state index in [0.29, 0.717) is 17.5 Å². The van der Waals surface area contributed by atoms with Gasteiger partial charge in [0.1, 0.15) is 6.33 Å². The monoisotopic (exact) mass is 359 g/mol. The molecule has 1 saturated heterocycles. The standard InChI is InChI=1S/C21H21N5O/c1-14-4-2-3-5-20(14)16-9-17(11-19(10-16)26-13-22-23-24-26)21(27)25-12-15-6-7-18(25)8-15/h2-5,9-11,13,15,18H,6-8,12H2,1H3. The summed E-state index contributed by atoms with van der Waals surface area (Å²) >= 11 is 0. The van der Waals surface area contributed by atoms with Crippen molar-refractivity contribution >= 4 is 5.91 Å². The van der Waals surface area contributed by atoms with Crippen LogP contribution in [0.2, 0.25) is 0 Å². The first-order valence-electron chi connectivity index (χ1n) is 9.44. The molecule has 27 heavy (non-hydrogen) atoms. The summed E-state index contributed by atoms with van der Waals surface area (Å²) in [7, 11) is 0. The Kier molecular flexibility index (Phi) is 3.77. The molecule has 2 heterocycles. The molecule has 1 aromatic heterocycles. The first kappa shape index (κ1) is 16.2. The molecule has 6 nitrogen and oxygen atoms in total. The molecule has 1 amide bonds. The van der Waals surface area contributed by atoms with Crippen LogP contribution >= 0.6 is 0 Å². The average molecular weight is 359 g/mol. The lowest BCUT2D eigenvalue weighted by atomic mass is 9.97. The third kappa shape index (κ3) is 2.81. The van der Waals surface area contributed by atoms with Crippen molar-refractivity contribution in [2.24, 2.45) is 5.92 Å². The number of likely N-dealkylation sites (tertiary alicyclic amines) is 1. The predicted octanol–water partition coefficient (Wildman–Crippen LogP) is 3.26. The SMILES string of the molecule is Cc1ccccc1-c1cc(C(=O)N2CC3CCC2C3)cc(-n2cnnn2)c1. The van der Waals surface area contributed by atoms with Crippen LogP contribution in [-0.4, -0.2) is 43.6 Å². The Bertz CT molecular complexity index is 998. The Hall–Kier alpha value is -3.02. The van der Waals surface area contributed by atoms with Crippen molar-refractivity contribution in [2.75, 3.05) is 6.54 Å². The van der Waals surface area contributed by atoms with Crippen molar-refractivity contribution in [2.45, 2.75) is 32.2 Å². The number of rotatable bonds is 3. The zero-order valence-electron chi connectivity index (χ0n) is 15.2. The molecule has 2 unspecified atom stereocenters. The minimum Gasteiger partial charge on any atom is -0.335 e. The number of hydrogen-bond donors (Lipinski definition) is 0. The minimum atomic E-state index is 0.118. The molecule has 0 radical (unpaired) electrons. The number of piperidine rings is 1. The molecule has 0 N–H and O–H groups in total. The molecule has 1 aliphatic carbocycles. The highest BCUT2D eigenvalue weighted by Crippen LogP contribution is 2.38. The Balaban J connectivity index is 1.60. The van der Waals surface area contributed by atoms with Crippen LogP contribution in [0.25, 0.3) is 16.8 Å². The van der Waals surface area contributed by atoms with Crippen LogP contribution in [-0.2, 0) is 0 Å². The fraction of sp³-hybridized carbons (Fsp3) is 0.333. The highest BCUT2D eigenvalue weighted by atomic mass is 16.2. The summed E-state index contributed by atoms with van der Waals surface area (Å²) in [6.07, 6.45) is 5.10. The number of amides is 1. The summed E-state index contributed by atoms with van der Waals surface area (Å²) in [5, 5.41) is 11.5. The van der Waals surface area contributed by atoms with E-state index in [-0.39, 0.29) is 5.91 Å². The molecular weight excluding hydrogens is 338 g/mol. The molecule has 2 aliphatic rings. The van der Waals surface area contributed by atoms with Gasteiger partial charge in [-0.2, -0.15) is 0 Å². The minimum absolute atomic E-state index is 0.118. The fourth-order valence-corrected chi connectivity index (χ4v) is 4.54. The van der Waals surface area contributed by atoms with Crippen LogP contribution in [0.3, 0.4) is 0 Å². The number of aryl methyl sites for hydroxylation is 1. The molecule has 5 rings (SSSR count). The van der Waals surface area contributed by atoms with Gasteiger partial charge in [0.2, 0.25) is 0 Å². The maximum absolute atomic E-state index is 13.3. The Morgan fingerprint density at radius 2 is 2.04 bits per heavy atom. The van der Waals surface area contributed by atoms with E-state index in [1.165, 1.54) is 12.0 Å². The Labute approximate surface area is 157 Å². The summed E-state index contributed by atoms with van der Waals surface area (Å²) in [6.45, 7) is 2.97. The van der Waals surface area contributed by atoms with Crippen LogP contribution in [0, 0.1) is 12.8 Å². The zero-order chi connectivity index (χ0) is 18.4. The number of nitrogens with zero attached hydrogens (tertiary/aromatic N) is 5. The summed E-state index contributed by atoms with van der Waals surface area (Å²) in [4.78, 5) is 15.4. The Morgan fingerprint density at radius 1 is 1.15 bits per heavy atom. The van der Waals surface area contributed by atoms with Crippen LogP contribution in [0.1, 0.15) is 35.2 Å². The van der Waals surface area contributed by atoms with Crippen LogP contribution in [0.5, 0.6) is 0 Å². The maximum Gasteiger partial charge on any atom is 0.254 e. The van der Waals surface area contributed by atoms with Gasteiger partial charge in [0.15, 0.2) is 0 Å². The molecule has 3 aromatic rings. The first-order chi connectivity index (χ1) is 13.2. The molecule has 0 spiro atoms. The summed E-state index contributed by atoms with van der Waals surface area (Å²) < 4.78 is 1.61. The van der Waals surface area contributed by atoms with Crippen molar-refractivity contribution in [3.05, 3.63) is 59.9 Å². The average Bonchev–Trinajstić information content (AvgIpc) is 3.45. The molecule has 1 saturated carbocycles. The van der Waals surface area contributed by atoms with E-state index in [2.05, 4.69) is 39.5 Å². The summed E-state index contributed by atoms with van der Waals surface area (Å²) in [6, 6.07) is 14.5. The van der Waals surface area contributed by atoms with E-state index >= 15 is 0 Å². The van der Waals surface area contributed by atoms with E-state index in [1.807, 2.05) is 30.3 Å². The Morgan fingerprint density at radius 3 is 2.74 bits per heavy atom. The number of benzene rings is 2. The highest BCUT2D eigenvalue weighted by molar-refractivity contribution is 5.97. The second-order valence-corrected chi connectivity index (χ2v) is 7.63. The van der Waals surface area contributed by atoms with E-state index in [9.17, 15) is 4.79 Å². The van der Waals surface area contributed by atoms with Crippen LogP contribution < -0.4 is 0 Å². The number of aromatic nitrogens is 4. The van der Waals surface area contributed by atoms with Gasteiger partial charge in [-0.15, -0.1) is 5.10 Å². The lowest BCUT2D eigenvalue weighted by molar-refractivity contribution is 0.0703. The number of carbonyl (C=O) groups is 1. The molecule has 2 aromatic carbocycles. The molecule has 1 aliphatic heterocycles. The van der Waals surface area contributed by atoms with Gasteiger partial charge in [-0.3, -0.25) is 4.79 Å². The van der Waals surface area contributed by atoms with Crippen molar-refractivity contribution in [1.29, 1.82) is 0 Å². The number of tetrazole rings is 1. The molecule has 6 heteroatoms. The van der Waals surface area contributed by atoms with Gasteiger partial charge in [-0.05, 0) is 77.4 Å². The normalized spacial score (nSPS) is 21.0. The lowest BCUT2D eigenvalue weighted by Gasteiger charge is -2.27. The van der Waals surface area contributed by atoms with Crippen molar-refractivity contribution in [1.82, 2.24) is 25.1 Å².